The van der Waals surface area contributed by atoms with Gasteiger partial charge in [-0.1, -0.05) is 192 Å². The molecule has 6 aromatic carbocycles. The molecule has 2 N–H and O–H groups in total. The maximum absolute atomic E-state index is 13.2. The lowest BCUT2D eigenvalue weighted by Crippen LogP contribution is -2.59. The third-order valence-electron chi connectivity index (χ3n) is 17.3. The molecule has 0 aliphatic heterocycles. The molecule has 102 heavy (non-hydrogen) atoms. The monoisotopic (exact) mass is 1490 g/mol. The van der Waals surface area contributed by atoms with Crippen LogP contribution in [0.15, 0.2) is 206 Å². The van der Waals surface area contributed by atoms with E-state index in [2.05, 4.69) is 21.1 Å². The van der Waals surface area contributed by atoms with E-state index in [0.717, 1.165) is 41.5 Å². The molecule has 10 aromatic rings. The molecular weight excluding hydrogens is 1430 g/mol. The molecule has 0 fully saturated rings. The molecule has 2 unspecified atom stereocenters. The van der Waals surface area contributed by atoms with Crippen LogP contribution < -0.4 is 52.7 Å². The summed E-state index contributed by atoms with van der Waals surface area (Å²) >= 11 is 15.4. The highest BCUT2D eigenvalue weighted by Gasteiger charge is 2.47. The molecule has 516 valence electrons. The lowest BCUT2D eigenvalue weighted by molar-refractivity contribution is -0.124. The molecule has 4 aromatic heterocycles. The average Bonchev–Trinajstić information content (AvgIpc) is 1.52. The van der Waals surface area contributed by atoms with Crippen molar-refractivity contribution in [2.75, 3.05) is 13.2 Å². The number of thiazole rings is 2. The van der Waals surface area contributed by atoms with Crippen molar-refractivity contribution in [2.45, 2.75) is 63.4 Å². The Bertz CT molecular complexity index is 5320. The van der Waals surface area contributed by atoms with Gasteiger partial charge in [0.25, 0.3) is 0 Å². The van der Waals surface area contributed by atoms with Crippen molar-refractivity contribution in [1.29, 1.82) is 10.5 Å². The number of nitrogens with one attached hydrogen (secondary N) is 2. The first-order chi connectivity index (χ1) is 49.0. The number of carbonyl (C=O) groups is 2. The Morgan fingerprint density at radius 3 is 1.32 bits per heavy atom. The number of nitrogens with zero attached hydrogens (tertiary/aromatic N) is 6. The number of alkyl halides is 6. The van der Waals surface area contributed by atoms with E-state index in [4.69, 9.17) is 42.6 Å². The molecule has 0 bridgehead atoms. The van der Waals surface area contributed by atoms with Gasteiger partial charge >= 0.3 is 34.7 Å². The maximum Gasteiger partial charge on any atom is 0.516 e. The zero-order valence-corrected chi connectivity index (χ0v) is 59.0. The topological polar surface area (TPSA) is 194 Å². The number of sulfonamides is 1. The predicted molar refractivity (Wildman–Crippen MR) is 395 cm³/mol. The summed E-state index contributed by atoms with van der Waals surface area (Å²) in [6, 6.07) is 55.5. The third-order valence-corrected chi connectivity index (χ3v) is 21.5. The van der Waals surface area contributed by atoms with Crippen molar-refractivity contribution < 1.29 is 53.8 Å². The Labute approximate surface area is 605 Å². The zero-order valence-electron chi connectivity index (χ0n) is 54.2. The highest BCUT2D eigenvalue weighted by molar-refractivity contribution is 7.98. The molecule has 14 nitrogen and oxygen atoms in total. The number of carbonyl (C=O) groups excluding carboxylic acids is 2. The Balaban J connectivity index is 1.20. The smallest absolute Gasteiger partial charge is 0.494 e. The molecule has 2 aliphatic rings. The van der Waals surface area contributed by atoms with Gasteiger partial charge < -0.3 is 18.4 Å². The van der Waals surface area contributed by atoms with Gasteiger partial charge in [0.05, 0.1) is 56.3 Å². The van der Waals surface area contributed by atoms with E-state index >= 15 is 0 Å². The van der Waals surface area contributed by atoms with Crippen LogP contribution in [-0.4, -0.2) is 77.1 Å². The van der Waals surface area contributed by atoms with Crippen molar-refractivity contribution in [3.8, 4) is 12.1 Å². The highest BCUT2D eigenvalue weighted by atomic mass is 35.5. The summed E-state index contributed by atoms with van der Waals surface area (Å²) in [7, 11) is -5.92. The molecule has 0 spiro atoms. The fraction of sp³-hybridized carbons (Fsp3) is 0.189. The summed E-state index contributed by atoms with van der Waals surface area (Å²) in [5.74, 6) is -3.06. The minimum atomic E-state index is -5.92. The Morgan fingerprint density at radius 2 is 0.980 bits per heavy atom. The van der Waals surface area contributed by atoms with Crippen LogP contribution >= 0.6 is 57.8 Å². The Hall–Kier alpha value is -9.53. The number of allylic oxidation sites excluding steroid dienone is 6. The van der Waals surface area contributed by atoms with E-state index in [1.54, 1.807) is 37.3 Å². The van der Waals surface area contributed by atoms with Crippen LogP contribution in [0, 0.1) is 34.5 Å². The number of aromatic nitrogens is 4. The lowest BCUT2D eigenvalue weighted by atomic mass is 9.50. The summed E-state index contributed by atoms with van der Waals surface area (Å²) in [5, 5.41) is 29.7. The van der Waals surface area contributed by atoms with Gasteiger partial charge in [-0.05, 0) is 110 Å². The molecular formula is C74H58B2Cl2F6N8O6S4. The molecule has 2 aliphatic carbocycles. The van der Waals surface area contributed by atoms with E-state index in [1.165, 1.54) is 29.6 Å². The van der Waals surface area contributed by atoms with Gasteiger partial charge in [-0.15, -0.1) is 22.7 Å². The molecule has 0 radical (unpaired) electrons. The number of fused-ring (bicyclic) bond motifs is 3. The summed E-state index contributed by atoms with van der Waals surface area (Å²) in [5.41, 5.74) is -4.19. The number of nitriles is 2. The lowest BCUT2D eigenvalue weighted by Gasteiger charge is -2.23. The number of benzene rings is 6. The Kier molecular flexibility index (Phi) is 21.9. The van der Waals surface area contributed by atoms with Crippen LogP contribution in [0.5, 0.6) is 0 Å². The van der Waals surface area contributed by atoms with Gasteiger partial charge in [0.2, 0.25) is 11.8 Å². The van der Waals surface area contributed by atoms with Crippen LogP contribution in [0.1, 0.15) is 62.4 Å². The quantitative estimate of drug-likeness (QED) is 0.0284. The van der Waals surface area contributed by atoms with Crippen LogP contribution in [0.3, 0.4) is 0 Å². The van der Waals surface area contributed by atoms with Crippen LogP contribution in [0.2, 0.25) is 10.0 Å². The summed E-state index contributed by atoms with van der Waals surface area (Å²) in [6.45, 7) is 1.48. The molecule has 12 rings (SSSR count). The number of rotatable bonds is 22. The van der Waals surface area contributed by atoms with Gasteiger partial charge in [0, 0.05) is 43.4 Å². The van der Waals surface area contributed by atoms with Gasteiger partial charge in [-0.25, -0.2) is 14.7 Å². The first kappa shape index (κ1) is 72.3. The van der Waals surface area contributed by atoms with Gasteiger partial charge in [0.15, 0.2) is 0 Å². The summed E-state index contributed by atoms with van der Waals surface area (Å²) in [6.07, 6.45) is 12.3. The SMILES string of the molecule is CC(CCCOC1=CCC(=c2c3/c(=C(\C#N)c4nc5cc(Cl)ccc5s4)n(B(c4ccccc4)c4ccccc4)c(=C4C=CC(OCCCC(C)C(=O)NS(=O)(=O)C(F)(F)F)=CC4)c3/c(=C(\C#N)c3nc4cc(Cl)ccc4s3)n2B(c2ccccc2)c2ccccc2)C=C1)C(=O)NSC(F)(F)F. The largest absolute Gasteiger partial charge is 0.516 e. The first-order valence-electron chi connectivity index (χ1n) is 32.1. The normalized spacial score (nSPS) is 15.6. The van der Waals surface area contributed by atoms with Crippen molar-refractivity contribution in [1.82, 2.24) is 28.4 Å². The van der Waals surface area contributed by atoms with Crippen molar-refractivity contribution in [2.24, 2.45) is 11.8 Å². The van der Waals surface area contributed by atoms with Crippen molar-refractivity contribution in [3.05, 3.63) is 247 Å². The van der Waals surface area contributed by atoms with E-state index in [1.807, 2.05) is 169 Å². The minimum absolute atomic E-state index is 0.0125. The van der Waals surface area contributed by atoms with Gasteiger partial charge in [-0.3, -0.25) is 14.3 Å². The average molecular weight is 1490 g/mol. The first-order valence-corrected chi connectivity index (χ1v) is 36.8. The van der Waals surface area contributed by atoms with Crippen molar-refractivity contribution >= 4 is 169 Å². The molecule has 2 amide bonds. The highest BCUT2D eigenvalue weighted by Crippen LogP contribution is 2.33. The van der Waals surface area contributed by atoms with Crippen LogP contribution in [0.4, 0.5) is 26.3 Å². The molecule has 0 saturated carbocycles. The summed E-state index contributed by atoms with van der Waals surface area (Å²) < 4.78 is 124. The second-order valence-corrected chi connectivity index (χ2v) is 29.6. The zero-order chi connectivity index (χ0) is 72.0. The maximum atomic E-state index is 13.2. The minimum Gasteiger partial charge on any atom is -0.494 e. The number of hydrogen-bond donors (Lipinski definition) is 2. The van der Waals surface area contributed by atoms with E-state index in [9.17, 15) is 54.9 Å². The predicted octanol–water partition coefficient (Wildman–Crippen LogP) is 11.8. The van der Waals surface area contributed by atoms with Crippen LogP contribution in [-0.2, 0) is 29.1 Å². The van der Waals surface area contributed by atoms with E-state index in [-0.39, 0.29) is 56.5 Å². The second-order valence-electron chi connectivity index (χ2n) is 24.1. The fourth-order valence-corrected chi connectivity index (χ4v) is 15.7. The number of ether oxygens (including phenoxy) is 2. The second kappa shape index (κ2) is 31.0. The summed E-state index contributed by atoms with van der Waals surface area (Å²) in [4.78, 5) is 35.8. The van der Waals surface area contributed by atoms with E-state index in [0.29, 0.717) is 86.8 Å². The standard InChI is InChI=1S/C74H58B2Cl2F6N8O6S4/c1-45(69(93)89-101-73(79,80)81)17-15-39-97-55-33-27-47(28-34-55)65-63-64(68(58(44-86)72-88-60-42-54(78)32-38-62(60)100-72)91(65)75(49-19-7-3-8-20-49)50-21-9-4-10-22-50)66(48-29-35-56(36-30-48)98-40-16-18-46(2)70(94)90-102(95,96)74(82,83)84)92(76(51-23-11-5-12-24-51)52-25-13-6-14-26-52)67(63)57(43-85)71-87-59-41-53(77)31-37-61(59)99-71/h3-14,19-27,29,31-38,41-42,45-46H,15-18,28,30,39-40H2,1-2H3,(H,89,93)(H,90,94)/b65-47?,66-48?,67-57-,68-58-. The molecule has 28 heteroatoms. The number of hydrogen-bond acceptors (Lipinski definition) is 13. The van der Waals surface area contributed by atoms with Crippen LogP contribution in [0.25, 0.3) is 53.5 Å². The number of halogens is 8. The molecule has 2 atom stereocenters. The molecule has 4 heterocycles. The third kappa shape index (κ3) is 15.7. The van der Waals surface area contributed by atoms with Gasteiger partial charge in [-0.2, -0.15) is 45.3 Å². The number of amides is 2. The van der Waals surface area contributed by atoms with Gasteiger partial charge in [0.1, 0.15) is 44.8 Å². The van der Waals surface area contributed by atoms with E-state index < -0.39 is 70.3 Å². The fourth-order valence-electron chi connectivity index (χ4n) is 12.5. The van der Waals surface area contributed by atoms with Crippen molar-refractivity contribution in [3.63, 3.8) is 0 Å². The molecule has 0 saturated heterocycles. The Morgan fingerprint density at radius 1 is 0.598 bits per heavy atom.